The van der Waals surface area contributed by atoms with Crippen LogP contribution in [-0.2, 0) is 0 Å². The fourth-order valence-corrected chi connectivity index (χ4v) is 1.68. The number of hydrogen-bond donors (Lipinski definition) is 1. The summed E-state index contributed by atoms with van der Waals surface area (Å²) in [6, 6.07) is -0.385. The van der Waals surface area contributed by atoms with Gasteiger partial charge in [0.15, 0.2) is 0 Å². The van der Waals surface area contributed by atoms with Crippen molar-refractivity contribution in [2.75, 3.05) is 13.1 Å². The second-order valence-corrected chi connectivity index (χ2v) is 3.71. The highest BCUT2D eigenvalue weighted by molar-refractivity contribution is 4.82. The number of nitrogens with zero attached hydrogens (tertiary/aromatic N) is 1. The zero-order valence-electron chi connectivity index (χ0n) is 7.64. The molecule has 0 aromatic heterocycles. The first kappa shape index (κ1) is 10.8. The quantitative estimate of drug-likeness (QED) is 0.722. The number of nitrogens with two attached hydrogens (primary N) is 1. The molecule has 2 unspecified atom stereocenters. The Morgan fingerprint density at radius 2 is 2.15 bits per heavy atom. The minimum absolute atomic E-state index is 0.0516. The van der Waals surface area contributed by atoms with Crippen molar-refractivity contribution in [3.63, 3.8) is 0 Å². The van der Waals surface area contributed by atoms with Crippen LogP contribution in [0.1, 0.15) is 19.8 Å². The van der Waals surface area contributed by atoms with E-state index in [0.29, 0.717) is 13.1 Å². The van der Waals surface area contributed by atoms with Gasteiger partial charge in [-0.05, 0) is 13.3 Å². The van der Waals surface area contributed by atoms with E-state index in [1.165, 1.54) is 0 Å². The minimum atomic E-state index is -4.06. The lowest BCUT2D eigenvalue weighted by molar-refractivity contribution is -0.145. The van der Waals surface area contributed by atoms with Gasteiger partial charge in [-0.2, -0.15) is 13.2 Å². The highest BCUT2D eigenvalue weighted by atomic mass is 19.4. The van der Waals surface area contributed by atoms with E-state index in [9.17, 15) is 13.2 Å². The monoisotopic (exact) mass is 196 g/mol. The summed E-state index contributed by atoms with van der Waals surface area (Å²) < 4.78 is 36.0. The lowest BCUT2D eigenvalue weighted by Crippen LogP contribution is -2.36. The van der Waals surface area contributed by atoms with Crippen LogP contribution in [0.2, 0.25) is 0 Å². The molecule has 13 heavy (non-hydrogen) atoms. The molecule has 1 saturated heterocycles. The van der Waals surface area contributed by atoms with Gasteiger partial charge in [-0.3, -0.25) is 4.90 Å². The van der Waals surface area contributed by atoms with Crippen LogP contribution in [0.25, 0.3) is 0 Å². The van der Waals surface area contributed by atoms with Crippen LogP contribution in [0.3, 0.4) is 0 Å². The number of alkyl halides is 3. The smallest absolute Gasteiger partial charge is 0.326 e. The van der Waals surface area contributed by atoms with Gasteiger partial charge in [0.1, 0.15) is 0 Å². The summed E-state index contributed by atoms with van der Waals surface area (Å²) in [5, 5.41) is 0. The fourth-order valence-electron chi connectivity index (χ4n) is 1.68. The topological polar surface area (TPSA) is 29.3 Å². The van der Waals surface area contributed by atoms with Crippen molar-refractivity contribution >= 4 is 0 Å². The highest BCUT2D eigenvalue weighted by Crippen LogP contribution is 2.25. The maximum atomic E-state index is 12.0. The predicted octanol–water partition coefficient (Wildman–Crippen LogP) is 1.36. The van der Waals surface area contributed by atoms with E-state index in [2.05, 4.69) is 0 Å². The second-order valence-electron chi connectivity index (χ2n) is 3.71. The summed E-state index contributed by atoms with van der Waals surface area (Å²) >= 11 is 0. The first-order chi connectivity index (χ1) is 5.88. The molecule has 1 rings (SSSR count). The Balaban J connectivity index is 2.36. The molecule has 1 aliphatic heterocycles. The largest absolute Gasteiger partial charge is 0.390 e. The molecule has 0 saturated carbocycles. The van der Waals surface area contributed by atoms with E-state index in [0.717, 1.165) is 6.42 Å². The summed E-state index contributed by atoms with van der Waals surface area (Å²) in [6.07, 6.45) is -3.99. The highest BCUT2D eigenvalue weighted by Gasteiger charge is 2.34. The van der Waals surface area contributed by atoms with Crippen LogP contribution in [0, 0.1) is 0 Å². The van der Waals surface area contributed by atoms with Gasteiger partial charge < -0.3 is 5.73 Å². The van der Waals surface area contributed by atoms with Gasteiger partial charge in [-0.15, -0.1) is 0 Å². The van der Waals surface area contributed by atoms with Crippen molar-refractivity contribution < 1.29 is 13.2 Å². The number of rotatable bonds is 2. The van der Waals surface area contributed by atoms with Crippen LogP contribution in [0.15, 0.2) is 0 Å². The molecule has 2 N–H and O–H groups in total. The van der Waals surface area contributed by atoms with Crippen LogP contribution >= 0.6 is 0 Å². The molecule has 0 bridgehead atoms. The van der Waals surface area contributed by atoms with E-state index < -0.39 is 18.6 Å². The van der Waals surface area contributed by atoms with Crippen molar-refractivity contribution in [2.24, 2.45) is 5.73 Å². The zero-order valence-corrected chi connectivity index (χ0v) is 7.64. The molecule has 1 fully saturated rings. The molecule has 0 radical (unpaired) electrons. The lowest BCUT2D eigenvalue weighted by atomic mass is 10.2. The Kier molecular flexibility index (Phi) is 3.18. The van der Waals surface area contributed by atoms with Crippen LogP contribution < -0.4 is 5.73 Å². The summed E-state index contributed by atoms with van der Waals surface area (Å²) in [6.45, 7) is 2.89. The minimum Gasteiger partial charge on any atom is -0.326 e. The molecular weight excluding hydrogens is 181 g/mol. The Morgan fingerprint density at radius 3 is 2.54 bits per heavy atom. The molecular formula is C8H15F3N2. The Bertz CT molecular complexity index is 169. The maximum Gasteiger partial charge on any atom is 0.390 e. The van der Waals surface area contributed by atoms with Crippen molar-refractivity contribution in [2.45, 2.75) is 38.0 Å². The SMILES string of the molecule is CC(CC(F)(F)F)N1CCC(N)C1. The van der Waals surface area contributed by atoms with Crippen LogP contribution in [0.4, 0.5) is 13.2 Å². The fraction of sp³-hybridized carbons (Fsp3) is 1.00. The average molecular weight is 196 g/mol. The van der Waals surface area contributed by atoms with Crippen molar-refractivity contribution in [1.82, 2.24) is 4.90 Å². The normalized spacial score (nSPS) is 27.9. The summed E-state index contributed by atoms with van der Waals surface area (Å²) in [5.41, 5.74) is 5.60. The van der Waals surface area contributed by atoms with Crippen LogP contribution in [-0.4, -0.2) is 36.2 Å². The van der Waals surface area contributed by atoms with Gasteiger partial charge in [0.2, 0.25) is 0 Å². The van der Waals surface area contributed by atoms with E-state index >= 15 is 0 Å². The summed E-state index contributed by atoms with van der Waals surface area (Å²) in [4.78, 5) is 1.80. The molecule has 78 valence electrons. The van der Waals surface area contributed by atoms with E-state index in [1.54, 1.807) is 11.8 Å². The standard InChI is InChI=1S/C8H15F3N2/c1-6(4-8(9,10)11)13-3-2-7(12)5-13/h6-7H,2-5,12H2,1H3. The maximum absolute atomic E-state index is 12.0. The number of likely N-dealkylation sites (tertiary alicyclic amines) is 1. The first-order valence-electron chi connectivity index (χ1n) is 4.45. The van der Waals surface area contributed by atoms with Crippen LogP contribution in [0.5, 0.6) is 0 Å². The molecule has 1 aliphatic rings. The summed E-state index contributed by atoms with van der Waals surface area (Å²) in [7, 11) is 0. The van der Waals surface area contributed by atoms with Gasteiger partial charge in [0.05, 0.1) is 6.42 Å². The Hall–Kier alpha value is -0.290. The van der Waals surface area contributed by atoms with E-state index in [-0.39, 0.29) is 6.04 Å². The van der Waals surface area contributed by atoms with Crippen molar-refractivity contribution in [3.05, 3.63) is 0 Å². The van der Waals surface area contributed by atoms with Crippen molar-refractivity contribution in [1.29, 1.82) is 0 Å². The lowest BCUT2D eigenvalue weighted by Gasteiger charge is -2.24. The molecule has 5 heteroatoms. The molecule has 2 nitrogen and oxygen atoms in total. The Labute approximate surface area is 75.9 Å². The zero-order chi connectivity index (χ0) is 10.1. The average Bonchev–Trinajstić information content (AvgIpc) is 2.31. The number of hydrogen-bond acceptors (Lipinski definition) is 2. The van der Waals surface area contributed by atoms with Gasteiger partial charge in [0, 0.05) is 25.2 Å². The Morgan fingerprint density at radius 1 is 1.54 bits per heavy atom. The summed E-state index contributed by atoms with van der Waals surface area (Å²) in [5.74, 6) is 0. The molecule has 0 spiro atoms. The number of halogens is 3. The second kappa shape index (κ2) is 3.84. The third kappa shape index (κ3) is 3.52. The molecule has 1 heterocycles. The molecule has 0 aromatic carbocycles. The molecule has 2 atom stereocenters. The predicted molar refractivity (Wildman–Crippen MR) is 44.3 cm³/mol. The van der Waals surface area contributed by atoms with Gasteiger partial charge >= 0.3 is 6.18 Å². The van der Waals surface area contributed by atoms with E-state index in [1.807, 2.05) is 0 Å². The third-order valence-corrected chi connectivity index (χ3v) is 2.41. The first-order valence-corrected chi connectivity index (χ1v) is 4.45. The van der Waals surface area contributed by atoms with Crippen molar-refractivity contribution in [3.8, 4) is 0 Å². The van der Waals surface area contributed by atoms with E-state index in [4.69, 9.17) is 5.73 Å². The van der Waals surface area contributed by atoms with Gasteiger partial charge in [-0.1, -0.05) is 0 Å². The third-order valence-electron chi connectivity index (χ3n) is 2.41. The molecule has 0 amide bonds. The van der Waals surface area contributed by atoms with Gasteiger partial charge in [-0.25, -0.2) is 0 Å². The van der Waals surface area contributed by atoms with Gasteiger partial charge in [0.25, 0.3) is 0 Å². The molecule has 0 aromatic rings. The molecule has 0 aliphatic carbocycles.